The molecule has 0 radical (unpaired) electrons. The van der Waals surface area contributed by atoms with Crippen molar-refractivity contribution >= 4 is 46.4 Å². The lowest BCUT2D eigenvalue weighted by molar-refractivity contribution is -0.119. The van der Waals surface area contributed by atoms with Crippen molar-refractivity contribution in [3.8, 4) is 5.75 Å². The number of amides is 2. The fraction of sp³-hybridized carbons (Fsp3) is 0.263. The zero-order valence-electron chi connectivity index (χ0n) is 15.3. The molecular weight excluding hydrogens is 389 g/mol. The highest BCUT2D eigenvalue weighted by Crippen LogP contribution is 2.30. The molecule has 0 spiro atoms. The van der Waals surface area contributed by atoms with Crippen molar-refractivity contribution in [1.82, 2.24) is 4.90 Å². The molecule has 0 aliphatic rings. The Hall–Kier alpha value is -2.28. The summed E-state index contributed by atoms with van der Waals surface area (Å²) in [5, 5.41) is 6.50. The zero-order valence-corrected chi connectivity index (χ0v) is 16.8. The number of para-hydroxylation sites is 1. The molecule has 0 saturated heterocycles. The summed E-state index contributed by atoms with van der Waals surface area (Å²) in [6.07, 6.45) is 0. The minimum atomic E-state index is -0.275. The average Bonchev–Trinajstić information content (AvgIpc) is 2.59. The summed E-state index contributed by atoms with van der Waals surface area (Å²) in [5.41, 5.74) is 1.88. The summed E-state index contributed by atoms with van der Waals surface area (Å²) >= 11 is 12.1. The predicted octanol–water partition coefficient (Wildman–Crippen LogP) is 3.82. The van der Waals surface area contributed by atoms with E-state index in [1.807, 2.05) is 6.92 Å². The van der Waals surface area contributed by atoms with E-state index in [4.69, 9.17) is 27.9 Å². The van der Waals surface area contributed by atoms with Crippen LogP contribution >= 0.6 is 23.2 Å². The molecule has 27 heavy (non-hydrogen) atoms. The van der Waals surface area contributed by atoms with Gasteiger partial charge in [-0.1, -0.05) is 35.3 Å². The van der Waals surface area contributed by atoms with E-state index >= 15 is 0 Å². The van der Waals surface area contributed by atoms with E-state index in [1.54, 1.807) is 48.3 Å². The second-order valence-corrected chi connectivity index (χ2v) is 6.86. The predicted molar refractivity (Wildman–Crippen MR) is 109 cm³/mol. The van der Waals surface area contributed by atoms with E-state index in [9.17, 15) is 9.59 Å². The molecule has 0 unspecified atom stereocenters. The molecule has 0 saturated carbocycles. The van der Waals surface area contributed by atoms with Crippen molar-refractivity contribution in [3.63, 3.8) is 0 Å². The Balaban J connectivity index is 1.91. The number of likely N-dealkylation sites (N-methyl/N-ethyl adjacent to an activating group) is 1. The van der Waals surface area contributed by atoms with Crippen LogP contribution in [0, 0.1) is 6.92 Å². The highest BCUT2D eigenvalue weighted by molar-refractivity contribution is 6.33. The summed E-state index contributed by atoms with van der Waals surface area (Å²) in [7, 11) is 3.18. The molecular formula is C19H21Cl2N3O3. The number of hydrogen-bond donors (Lipinski definition) is 2. The van der Waals surface area contributed by atoms with E-state index in [2.05, 4.69) is 10.6 Å². The van der Waals surface area contributed by atoms with Gasteiger partial charge in [-0.05, 0) is 37.7 Å². The number of aryl methyl sites for hydroxylation is 1. The van der Waals surface area contributed by atoms with Crippen LogP contribution in [-0.2, 0) is 9.59 Å². The van der Waals surface area contributed by atoms with Gasteiger partial charge in [0.15, 0.2) is 0 Å². The number of carbonyl (C=O) groups is 2. The molecule has 2 aromatic rings. The number of benzene rings is 2. The average molecular weight is 410 g/mol. The van der Waals surface area contributed by atoms with Crippen LogP contribution in [0.4, 0.5) is 11.4 Å². The lowest BCUT2D eigenvalue weighted by Crippen LogP contribution is -2.36. The maximum absolute atomic E-state index is 12.3. The van der Waals surface area contributed by atoms with E-state index in [0.29, 0.717) is 27.2 Å². The molecule has 2 aromatic carbocycles. The van der Waals surface area contributed by atoms with Crippen molar-refractivity contribution in [2.45, 2.75) is 6.92 Å². The number of methoxy groups -OCH3 is 1. The number of rotatable bonds is 7. The van der Waals surface area contributed by atoms with E-state index < -0.39 is 0 Å². The maximum atomic E-state index is 12.3. The van der Waals surface area contributed by atoms with Crippen molar-refractivity contribution in [2.24, 2.45) is 0 Å². The first-order chi connectivity index (χ1) is 12.8. The molecule has 144 valence electrons. The van der Waals surface area contributed by atoms with Gasteiger partial charge >= 0.3 is 0 Å². The summed E-state index contributed by atoms with van der Waals surface area (Å²) in [5.74, 6) is -0.0700. The van der Waals surface area contributed by atoms with Crippen molar-refractivity contribution in [2.75, 3.05) is 37.9 Å². The standard InChI is InChI=1S/C19H21Cl2N3O3/c1-12-8-16(17(27-3)9-14(12)21)23-19(26)11-24(2)10-18(25)22-15-7-5-4-6-13(15)20/h4-9H,10-11H2,1-3H3,(H,22,25)(H,23,26). The van der Waals surface area contributed by atoms with Gasteiger partial charge in [-0.15, -0.1) is 0 Å². The van der Waals surface area contributed by atoms with Gasteiger partial charge in [-0.25, -0.2) is 0 Å². The quantitative estimate of drug-likeness (QED) is 0.728. The molecule has 0 atom stereocenters. The van der Waals surface area contributed by atoms with Crippen molar-refractivity contribution in [3.05, 3.63) is 52.0 Å². The Morgan fingerprint density at radius 3 is 2.19 bits per heavy atom. The van der Waals surface area contributed by atoms with Gasteiger partial charge in [-0.2, -0.15) is 0 Å². The van der Waals surface area contributed by atoms with Crippen LogP contribution in [0.15, 0.2) is 36.4 Å². The Bertz CT molecular complexity index is 843. The number of ether oxygens (including phenoxy) is 1. The van der Waals surface area contributed by atoms with Crippen LogP contribution in [0.5, 0.6) is 5.75 Å². The molecule has 2 N–H and O–H groups in total. The molecule has 0 aromatic heterocycles. The first-order valence-corrected chi connectivity index (χ1v) is 8.92. The van der Waals surface area contributed by atoms with Gasteiger partial charge in [0.2, 0.25) is 11.8 Å². The van der Waals surface area contributed by atoms with Crippen LogP contribution in [0.1, 0.15) is 5.56 Å². The number of halogens is 2. The van der Waals surface area contributed by atoms with Gasteiger partial charge in [-0.3, -0.25) is 14.5 Å². The minimum absolute atomic E-state index is 0.0285. The maximum Gasteiger partial charge on any atom is 0.238 e. The smallest absolute Gasteiger partial charge is 0.238 e. The molecule has 0 heterocycles. The zero-order chi connectivity index (χ0) is 20.0. The Kier molecular flexibility index (Phi) is 7.47. The number of hydrogen-bond acceptors (Lipinski definition) is 4. The molecule has 6 nitrogen and oxygen atoms in total. The molecule has 2 amide bonds. The Labute approximate surface area is 168 Å². The summed E-state index contributed by atoms with van der Waals surface area (Å²) in [6.45, 7) is 1.90. The van der Waals surface area contributed by atoms with E-state index in [-0.39, 0.29) is 24.9 Å². The second-order valence-electron chi connectivity index (χ2n) is 6.05. The minimum Gasteiger partial charge on any atom is -0.495 e. The normalized spacial score (nSPS) is 10.6. The lowest BCUT2D eigenvalue weighted by Gasteiger charge is -2.17. The largest absolute Gasteiger partial charge is 0.495 e. The molecule has 0 fully saturated rings. The van der Waals surface area contributed by atoms with E-state index in [1.165, 1.54) is 7.11 Å². The molecule has 8 heteroatoms. The van der Waals surface area contributed by atoms with Gasteiger partial charge in [0.05, 0.1) is 36.6 Å². The van der Waals surface area contributed by atoms with E-state index in [0.717, 1.165) is 5.56 Å². The first kappa shape index (κ1) is 21.0. The SMILES string of the molecule is COc1cc(Cl)c(C)cc1NC(=O)CN(C)CC(=O)Nc1ccccc1Cl. The number of anilines is 2. The van der Waals surface area contributed by atoms with Crippen LogP contribution in [0.3, 0.4) is 0 Å². The van der Waals surface area contributed by atoms with Gasteiger partial charge in [0.1, 0.15) is 5.75 Å². The van der Waals surface area contributed by atoms with Gasteiger partial charge < -0.3 is 15.4 Å². The first-order valence-electron chi connectivity index (χ1n) is 8.17. The third kappa shape index (κ3) is 6.13. The summed E-state index contributed by atoms with van der Waals surface area (Å²) in [4.78, 5) is 26.0. The topological polar surface area (TPSA) is 70.7 Å². The Morgan fingerprint density at radius 2 is 1.59 bits per heavy atom. The monoisotopic (exact) mass is 409 g/mol. The van der Waals surface area contributed by atoms with Gasteiger partial charge in [0.25, 0.3) is 0 Å². The van der Waals surface area contributed by atoms with Gasteiger partial charge in [0, 0.05) is 11.1 Å². The fourth-order valence-corrected chi connectivity index (χ4v) is 2.75. The number of nitrogens with one attached hydrogen (secondary N) is 2. The van der Waals surface area contributed by atoms with Crippen LogP contribution in [-0.4, -0.2) is 44.0 Å². The van der Waals surface area contributed by atoms with Crippen LogP contribution in [0.25, 0.3) is 0 Å². The van der Waals surface area contributed by atoms with Crippen LogP contribution in [0.2, 0.25) is 10.0 Å². The molecule has 0 bridgehead atoms. The number of carbonyl (C=O) groups excluding carboxylic acids is 2. The highest BCUT2D eigenvalue weighted by atomic mass is 35.5. The molecule has 0 aliphatic heterocycles. The number of nitrogens with zero attached hydrogens (tertiary/aromatic N) is 1. The summed E-state index contributed by atoms with van der Waals surface area (Å²) in [6, 6.07) is 10.3. The molecule has 0 aliphatic carbocycles. The molecule has 2 rings (SSSR count). The third-order valence-corrected chi connectivity index (χ3v) is 4.47. The summed E-state index contributed by atoms with van der Waals surface area (Å²) < 4.78 is 5.24. The second kappa shape index (κ2) is 9.60. The van der Waals surface area contributed by atoms with Crippen molar-refractivity contribution in [1.29, 1.82) is 0 Å². The van der Waals surface area contributed by atoms with Crippen LogP contribution < -0.4 is 15.4 Å². The highest BCUT2D eigenvalue weighted by Gasteiger charge is 2.14. The Morgan fingerprint density at radius 1 is 1.00 bits per heavy atom. The van der Waals surface area contributed by atoms with Crippen molar-refractivity contribution < 1.29 is 14.3 Å². The fourth-order valence-electron chi connectivity index (χ4n) is 2.42. The lowest BCUT2D eigenvalue weighted by atomic mass is 10.2. The third-order valence-electron chi connectivity index (χ3n) is 3.73.